The van der Waals surface area contributed by atoms with Crippen LogP contribution in [0.3, 0.4) is 0 Å². The molecule has 0 aromatic rings. The molecule has 0 aromatic carbocycles. The van der Waals surface area contributed by atoms with Gasteiger partial charge >= 0.3 is 0 Å². The summed E-state index contributed by atoms with van der Waals surface area (Å²) in [4.78, 5) is 19.9. The Morgan fingerprint density at radius 1 is 0.917 bits per heavy atom. The van der Waals surface area contributed by atoms with Gasteiger partial charge in [-0.3, -0.25) is 14.6 Å². The Bertz CT molecular complexity index is 383. The second-order valence-corrected chi connectivity index (χ2v) is 8.25. The summed E-state index contributed by atoms with van der Waals surface area (Å²) in [5, 5.41) is 3.07. The minimum atomic E-state index is -0.00584. The van der Waals surface area contributed by atoms with Gasteiger partial charge in [-0.2, -0.15) is 0 Å². The predicted molar refractivity (Wildman–Crippen MR) is 100 cm³/mol. The van der Waals surface area contributed by atoms with E-state index in [1.54, 1.807) is 0 Å². The summed E-state index contributed by atoms with van der Waals surface area (Å²) >= 11 is 0. The number of hydrogen-bond donors (Lipinski definition) is 1. The molecule has 0 bridgehead atoms. The van der Waals surface area contributed by atoms with Crippen LogP contribution in [0.1, 0.15) is 47.5 Å². The highest BCUT2D eigenvalue weighted by Crippen LogP contribution is 2.20. The predicted octanol–water partition coefficient (Wildman–Crippen LogP) is 1.64. The van der Waals surface area contributed by atoms with Crippen LogP contribution in [-0.2, 0) is 4.79 Å². The third-order valence-corrected chi connectivity index (χ3v) is 5.71. The highest BCUT2D eigenvalue weighted by atomic mass is 16.2. The quantitative estimate of drug-likeness (QED) is 0.799. The SMILES string of the molecule is CC(C)CNC(=O)[C@@H](C)N1CCN(C2CCN(C(C)C)CC2)CC1. The van der Waals surface area contributed by atoms with Crippen molar-refractivity contribution in [1.82, 2.24) is 20.0 Å². The molecule has 0 aromatic heterocycles. The van der Waals surface area contributed by atoms with Gasteiger partial charge in [-0.25, -0.2) is 0 Å². The lowest BCUT2D eigenvalue weighted by Crippen LogP contribution is -2.57. The molecule has 1 atom stereocenters. The first-order chi connectivity index (χ1) is 11.4. The van der Waals surface area contributed by atoms with E-state index in [2.05, 4.69) is 47.7 Å². The molecular formula is C19H38N4O. The number of amides is 1. The Morgan fingerprint density at radius 3 is 2.00 bits per heavy atom. The second-order valence-electron chi connectivity index (χ2n) is 8.25. The van der Waals surface area contributed by atoms with Gasteiger partial charge in [0.2, 0.25) is 5.91 Å². The highest BCUT2D eigenvalue weighted by Gasteiger charge is 2.30. The molecular weight excluding hydrogens is 300 g/mol. The Morgan fingerprint density at radius 2 is 1.50 bits per heavy atom. The summed E-state index contributed by atoms with van der Waals surface area (Å²) in [6, 6.07) is 1.41. The monoisotopic (exact) mass is 338 g/mol. The lowest BCUT2D eigenvalue weighted by molar-refractivity contribution is -0.126. The highest BCUT2D eigenvalue weighted by molar-refractivity contribution is 5.81. The van der Waals surface area contributed by atoms with E-state index in [1.165, 1.54) is 25.9 Å². The van der Waals surface area contributed by atoms with Crippen LogP contribution in [0.4, 0.5) is 0 Å². The number of carbonyl (C=O) groups excluding carboxylic acids is 1. The first-order valence-corrected chi connectivity index (χ1v) is 9.88. The first kappa shape index (κ1) is 19.7. The summed E-state index contributed by atoms with van der Waals surface area (Å²) < 4.78 is 0. The number of nitrogens with one attached hydrogen (secondary N) is 1. The standard InChI is InChI=1S/C19H38N4O/c1-15(2)14-20-19(24)17(5)22-10-12-23(13-11-22)18-6-8-21(9-7-18)16(3)4/h15-18H,6-14H2,1-5H3,(H,20,24)/t17-/m1/s1. The Hall–Kier alpha value is -0.650. The number of piperidine rings is 1. The molecule has 5 heteroatoms. The maximum absolute atomic E-state index is 12.3. The van der Waals surface area contributed by atoms with Crippen molar-refractivity contribution in [2.45, 2.75) is 65.6 Å². The van der Waals surface area contributed by atoms with Crippen LogP contribution >= 0.6 is 0 Å². The van der Waals surface area contributed by atoms with Crippen LogP contribution in [0, 0.1) is 5.92 Å². The Kier molecular flexibility index (Phi) is 7.51. The molecule has 1 N–H and O–H groups in total. The summed E-state index contributed by atoms with van der Waals surface area (Å²) in [5.41, 5.74) is 0. The maximum Gasteiger partial charge on any atom is 0.237 e. The fourth-order valence-electron chi connectivity index (χ4n) is 3.88. The van der Waals surface area contributed by atoms with E-state index in [0.29, 0.717) is 12.0 Å². The molecule has 2 fully saturated rings. The molecule has 2 heterocycles. The average molecular weight is 339 g/mol. The molecule has 24 heavy (non-hydrogen) atoms. The van der Waals surface area contributed by atoms with Gasteiger partial charge in [0.25, 0.3) is 0 Å². The second kappa shape index (κ2) is 9.16. The van der Waals surface area contributed by atoms with E-state index >= 15 is 0 Å². The fourth-order valence-corrected chi connectivity index (χ4v) is 3.88. The first-order valence-electron chi connectivity index (χ1n) is 9.88. The zero-order valence-electron chi connectivity index (χ0n) is 16.4. The molecule has 0 aliphatic carbocycles. The number of rotatable bonds is 6. The molecule has 1 amide bonds. The van der Waals surface area contributed by atoms with E-state index < -0.39 is 0 Å². The van der Waals surface area contributed by atoms with E-state index in [-0.39, 0.29) is 11.9 Å². The van der Waals surface area contributed by atoms with Crippen LogP contribution in [0.2, 0.25) is 0 Å². The van der Waals surface area contributed by atoms with Crippen molar-refractivity contribution >= 4 is 5.91 Å². The lowest BCUT2D eigenvalue weighted by atomic mass is 10.0. The largest absolute Gasteiger partial charge is 0.354 e. The topological polar surface area (TPSA) is 38.8 Å². The van der Waals surface area contributed by atoms with Gasteiger partial charge in [0.05, 0.1) is 6.04 Å². The molecule has 2 aliphatic heterocycles. The third kappa shape index (κ3) is 5.43. The van der Waals surface area contributed by atoms with Crippen molar-refractivity contribution in [2.24, 2.45) is 5.92 Å². The van der Waals surface area contributed by atoms with Gasteiger partial charge in [-0.05, 0) is 52.6 Å². The molecule has 0 unspecified atom stereocenters. The van der Waals surface area contributed by atoms with Crippen LogP contribution in [-0.4, -0.2) is 84.5 Å². The van der Waals surface area contributed by atoms with Crippen molar-refractivity contribution in [1.29, 1.82) is 0 Å². The van der Waals surface area contributed by atoms with Crippen LogP contribution in [0.25, 0.3) is 0 Å². The number of hydrogen-bond acceptors (Lipinski definition) is 4. The minimum absolute atomic E-state index is 0.00584. The molecule has 5 nitrogen and oxygen atoms in total. The number of piperazine rings is 1. The van der Waals surface area contributed by atoms with Crippen LogP contribution in [0.5, 0.6) is 0 Å². The van der Waals surface area contributed by atoms with Gasteiger partial charge in [0.15, 0.2) is 0 Å². The average Bonchev–Trinajstić information content (AvgIpc) is 2.59. The molecule has 2 saturated heterocycles. The van der Waals surface area contributed by atoms with Crippen molar-refractivity contribution in [2.75, 3.05) is 45.8 Å². The number of carbonyl (C=O) groups is 1. The molecule has 0 saturated carbocycles. The van der Waals surface area contributed by atoms with E-state index in [0.717, 1.165) is 38.8 Å². The van der Waals surface area contributed by atoms with Gasteiger partial charge in [0.1, 0.15) is 0 Å². The molecule has 2 rings (SSSR count). The Balaban J connectivity index is 1.72. The van der Waals surface area contributed by atoms with Crippen LogP contribution in [0.15, 0.2) is 0 Å². The van der Waals surface area contributed by atoms with E-state index in [1.807, 2.05) is 6.92 Å². The summed E-state index contributed by atoms with van der Waals surface area (Å²) in [6.45, 7) is 18.4. The summed E-state index contributed by atoms with van der Waals surface area (Å²) in [7, 11) is 0. The normalized spacial score (nSPS) is 23.8. The zero-order chi connectivity index (χ0) is 17.7. The molecule has 0 radical (unpaired) electrons. The smallest absolute Gasteiger partial charge is 0.237 e. The van der Waals surface area contributed by atoms with Crippen LogP contribution < -0.4 is 5.32 Å². The van der Waals surface area contributed by atoms with Crippen molar-refractivity contribution in [3.8, 4) is 0 Å². The number of nitrogens with zero attached hydrogens (tertiary/aromatic N) is 3. The van der Waals surface area contributed by atoms with Crippen molar-refractivity contribution < 1.29 is 4.79 Å². The third-order valence-electron chi connectivity index (χ3n) is 5.71. The summed E-state index contributed by atoms with van der Waals surface area (Å²) in [5.74, 6) is 0.692. The molecule has 0 spiro atoms. The summed E-state index contributed by atoms with van der Waals surface area (Å²) in [6.07, 6.45) is 2.59. The number of likely N-dealkylation sites (tertiary alicyclic amines) is 1. The van der Waals surface area contributed by atoms with Gasteiger partial charge in [-0.15, -0.1) is 0 Å². The molecule has 140 valence electrons. The van der Waals surface area contributed by atoms with Crippen molar-refractivity contribution in [3.05, 3.63) is 0 Å². The lowest BCUT2D eigenvalue weighted by Gasteiger charge is -2.44. The molecule has 2 aliphatic rings. The van der Waals surface area contributed by atoms with Gasteiger partial charge in [-0.1, -0.05) is 13.8 Å². The van der Waals surface area contributed by atoms with Gasteiger partial charge in [0, 0.05) is 44.8 Å². The van der Waals surface area contributed by atoms with E-state index in [4.69, 9.17) is 0 Å². The minimum Gasteiger partial charge on any atom is -0.354 e. The van der Waals surface area contributed by atoms with Crippen molar-refractivity contribution in [3.63, 3.8) is 0 Å². The van der Waals surface area contributed by atoms with Gasteiger partial charge < -0.3 is 10.2 Å². The Labute approximate surface area is 148 Å². The van der Waals surface area contributed by atoms with E-state index in [9.17, 15) is 4.79 Å². The zero-order valence-corrected chi connectivity index (χ0v) is 16.4. The maximum atomic E-state index is 12.3. The fraction of sp³-hybridized carbons (Fsp3) is 0.947.